The summed E-state index contributed by atoms with van der Waals surface area (Å²) in [4.78, 5) is 0. The van der Waals surface area contributed by atoms with Crippen LogP contribution in [0, 0.1) is 5.92 Å². The summed E-state index contributed by atoms with van der Waals surface area (Å²) in [5, 5.41) is 8.65. The molecule has 1 saturated heterocycles. The zero-order valence-corrected chi connectivity index (χ0v) is 4.71. The molecule has 0 aromatic rings. The molecule has 0 unspecified atom stereocenters. The second kappa shape index (κ2) is 1.45. The van der Waals surface area contributed by atoms with Gasteiger partial charge in [0.1, 0.15) is 0 Å². The number of rotatable bonds is 1. The Balaban J connectivity index is 1.89. The van der Waals surface area contributed by atoms with Gasteiger partial charge < -0.3 is 9.84 Å². The lowest BCUT2D eigenvalue weighted by Crippen LogP contribution is -2.03. The average Bonchev–Trinajstić information content (AvgIpc) is 2.40. The molecule has 1 aliphatic carbocycles. The second-order valence-corrected chi connectivity index (χ2v) is 2.73. The third-order valence-corrected chi connectivity index (χ3v) is 2.08. The van der Waals surface area contributed by atoms with Crippen LogP contribution >= 0.6 is 0 Å². The van der Waals surface area contributed by atoms with Crippen LogP contribution in [0.3, 0.4) is 0 Å². The smallest absolute Gasteiger partial charge is 0.0845 e. The molecular formula is C6H10O2. The lowest BCUT2D eigenvalue weighted by molar-refractivity contribution is 0.181. The maximum Gasteiger partial charge on any atom is 0.0845 e. The molecule has 1 heterocycles. The molecule has 2 nitrogen and oxygen atoms in total. The SMILES string of the molecule is OC[C@H]1C[C@@H]2O[C@@H]2C1. The molecule has 2 fully saturated rings. The van der Waals surface area contributed by atoms with Crippen molar-refractivity contribution < 1.29 is 9.84 Å². The minimum absolute atomic E-state index is 0.358. The van der Waals surface area contributed by atoms with Crippen LogP contribution in [0.4, 0.5) is 0 Å². The number of epoxide rings is 1. The molecule has 0 aromatic carbocycles. The van der Waals surface area contributed by atoms with Gasteiger partial charge in [-0.3, -0.25) is 0 Å². The van der Waals surface area contributed by atoms with E-state index in [9.17, 15) is 0 Å². The van der Waals surface area contributed by atoms with Gasteiger partial charge in [-0.15, -0.1) is 0 Å². The van der Waals surface area contributed by atoms with E-state index in [1.54, 1.807) is 0 Å². The molecule has 2 aliphatic rings. The highest BCUT2D eigenvalue weighted by Crippen LogP contribution is 2.41. The molecular weight excluding hydrogens is 104 g/mol. The summed E-state index contributed by atoms with van der Waals surface area (Å²) in [7, 11) is 0. The molecule has 3 atom stereocenters. The molecule has 1 saturated carbocycles. The third-order valence-electron chi connectivity index (χ3n) is 2.08. The van der Waals surface area contributed by atoms with Crippen molar-refractivity contribution in [1.82, 2.24) is 0 Å². The predicted octanol–water partition coefficient (Wildman–Crippen LogP) is 0.156. The van der Waals surface area contributed by atoms with Crippen LogP contribution in [-0.4, -0.2) is 23.9 Å². The van der Waals surface area contributed by atoms with Gasteiger partial charge in [0.15, 0.2) is 0 Å². The summed E-state index contributed by atoms with van der Waals surface area (Å²) >= 11 is 0. The third kappa shape index (κ3) is 0.565. The summed E-state index contributed by atoms with van der Waals surface area (Å²) in [6.07, 6.45) is 3.27. The number of fused-ring (bicyclic) bond motifs is 1. The maximum absolute atomic E-state index is 8.65. The van der Waals surface area contributed by atoms with Crippen LogP contribution in [0.2, 0.25) is 0 Å². The van der Waals surface area contributed by atoms with Gasteiger partial charge in [-0.2, -0.15) is 0 Å². The minimum atomic E-state index is 0.358. The first kappa shape index (κ1) is 4.77. The van der Waals surface area contributed by atoms with Gasteiger partial charge in [0, 0.05) is 6.61 Å². The van der Waals surface area contributed by atoms with Crippen LogP contribution in [0.15, 0.2) is 0 Å². The van der Waals surface area contributed by atoms with Gasteiger partial charge in [0.05, 0.1) is 12.2 Å². The number of aliphatic hydroxyl groups excluding tert-OH is 1. The Morgan fingerprint density at radius 3 is 2.38 bits per heavy atom. The summed E-state index contributed by atoms with van der Waals surface area (Å²) in [6, 6.07) is 0. The van der Waals surface area contributed by atoms with E-state index < -0.39 is 0 Å². The van der Waals surface area contributed by atoms with Gasteiger partial charge in [0.2, 0.25) is 0 Å². The Morgan fingerprint density at radius 2 is 2.00 bits per heavy atom. The van der Waals surface area contributed by atoms with E-state index in [-0.39, 0.29) is 0 Å². The largest absolute Gasteiger partial charge is 0.396 e. The first-order valence-electron chi connectivity index (χ1n) is 3.16. The zero-order chi connectivity index (χ0) is 5.56. The fourth-order valence-corrected chi connectivity index (χ4v) is 1.50. The van der Waals surface area contributed by atoms with Gasteiger partial charge >= 0.3 is 0 Å². The summed E-state index contributed by atoms with van der Waals surface area (Å²) < 4.78 is 5.17. The molecule has 1 aliphatic heterocycles. The van der Waals surface area contributed by atoms with Crippen molar-refractivity contribution in [2.75, 3.05) is 6.61 Å². The molecule has 8 heavy (non-hydrogen) atoms. The fourth-order valence-electron chi connectivity index (χ4n) is 1.50. The molecule has 0 bridgehead atoms. The summed E-state index contributed by atoms with van der Waals surface area (Å²) in [6.45, 7) is 0.358. The number of ether oxygens (including phenoxy) is 1. The van der Waals surface area contributed by atoms with E-state index in [0.29, 0.717) is 24.7 Å². The number of aliphatic hydroxyl groups is 1. The topological polar surface area (TPSA) is 32.8 Å². The minimum Gasteiger partial charge on any atom is -0.396 e. The highest BCUT2D eigenvalue weighted by molar-refractivity contribution is 4.95. The quantitative estimate of drug-likeness (QED) is 0.492. The molecule has 0 radical (unpaired) electrons. The van der Waals surface area contributed by atoms with E-state index in [2.05, 4.69) is 0 Å². The molecule has 2 rings (SSSR count). The van der Waals surface area contributed by atoms with Crippen LogP contribution in [0.1, 0.15) is 12.8 Å². The highest BCUT2D eigenvalue weighted by atomic mass is 16.6. The summed E-state index contributed by atoms with van der Waals surface area (Å²) in [5.41, 5.74) is 0. The lowest BCUT2D eigenvalue weighted by atomic mass is 10.1. The standard InChI is InChI=1S/C6H10O2/c7-3-4-1-5-6(2-4)8-5/h4-7H,1-3H2/t4-,5-,6+. The average molecular weight is 114 g/mol. The van der Waals surface area contributed by atoms with Crippen molar-refractivity contribution in [2.45, 2.75) is 25.0 Å². The summed E-state index contributed by atoms with van der Waals surface area (Å²) in [5.74, 6) is 0.554. The molecule has 1 N–H and O–H groups in total. The monoisotopic (exact) mass is 114 g/mol. The maximum atomic E-state index is 8.65. The Morgan fingerprint density at radius 1 is 1.38 bits per heavy atom. The number of hydrogen-bond acceptors (Lipinski definition) is 2. The van der Waals surface area contributed by atoms with Crippen molar-refractivity contribution in [3.63, 3.8) is 0 Å². The Labute approximate surface area is 48.5 Å². The van der Waals surface area contributed by atoms with Crippen molar-refractivity contribution >= 4 is 0 Å². The predicted molar refractivity (Wildman–Crippen MR) is 28.5 cm³/mol. The van der Waals surface area contributed by atoms with Gasteiger partial charge in [-0.05, 0) is 18.8 Å². The van der Waals surface area contributed by atoms with E-state index >= 15 is 0 Å². The van der Waals surface area contributed by atoms with E-state index in [0.717, 1.165) is 12.8 Å². The second-order valence-electron chi connectivity index (χ2n) is 2.73. The normalized spacial score (nSPS) is 51.4. The molecule has 0 amide bonds. The Kier molecular flexibility index (Phi) is 0.866. The van der Waals surface area contributed by atoms with Crippen LogP contribution in [0.5, 0.6) is 0 Å². The van der Waals surface area contributed by atoms with Crippen molar-refractivity contribution in [2.24, 2.45) is 5.92 Å². The van der Waals surface area contributed by atoms with Gasteiger partial charge in [0.25, 0.3) is 0 Å². The Hall–Kier alpha value is -0.0800. The van der Waals surface area contributed by atoms with Crippen molar-refractivity contribution in [1.29, 1.82) is 0 Å². The van der Waals surface area contributed by atoms with E-state index in [4.69, 9.17) is 9.84 Å². The molecule has 46 valence electrons. The van der Waals surface area contributed by atoms with Crippen LogP contribution in [0.25, 0.3) is 0 Å². The highest BCUT2D eigenvalue weighted by Gasteiger charge is 2.47. The van der Waals surface area contributed by atoms with E-state index in [1.165, 1.54) is 0 Å². The van der Waals surface area contributed by atoms with Crippen molar-refractivity contribution in [3.05, 3.63) is 0 Å². The van der Waals surface area contributed by atoms with Crippen LogP contribution < -0.4 is 0 Å². The molecule has 2 heteroatoms. The zero-order valence-electron chi connectivity index (χ0n) is 4.71. The lowest BCUT2D eigenvalue weighted by Gasteiger charge is -2.03. The van der Waals surface area contributed by atoms with Gasteiger partial charge in [-0.1, -0.05) is 0 Å². The van der Waals surface area contributed by atoms with E-state index in [1.807, 2.05) is 0 Å². The van der Waals surface area contributed by atoms with Crippen LogP contribution in [-0.2, 0) is 4.74 Å². The number of hydrogen-bond donors (Lipinski definition) is 1. The van der Waals surface area contributed by atoms with Crippen molar-refractivity contribution in [3.8, 4) is 0 Å². The van der Waals surface area contributed by atoms with Gasteiger partial charge in [-0.25, -0.2) is 0 Å². The first-order chi connectivity index (χ1) is 3.90. The fraction of sp³-hybridized carbons (Fsp3) is 1.00. The molecule has 0 aromatic heterocycles. The first-order valence-corrected chi connectivity index (χ1v) is 3.16. The Bertz CT molecular complexity index is 92.7. The molecule has 0 spiro atoms.